The fraction of sp³-hybridized carbons (Fsp3) is 0.357. The molecule has 0 fully saturated rings. The topological polar surface area (TPSA) is 93.4 Å². The molecule has 1 aromatic heterocycles. The highest BCUT2D eigenvalue weighted by Crippen LogP contribution is 2.39. The van der Waals surface area contributed by atoms with Crippen LogP contribution >= 0.6 is 0 Å². The number of sulfonamides is 1. The van der Waals surface area contributed by atoms with Crippen LogP contribution in [0.3, 0.4) is 0 Å². The van der Waals surface area contributed by atoms with Gasteiger partial charge in [0, 0.05) is 29.9 Å². The molecule has 2 unspecified atom stereocenters. The van der Waals surface area contributed by atoms with Crippen molar-refractivity contribution >= 4 is 22.1 Å². The molecule has 2 aromatic carbocycles. The van der Waals surface area contributed by atoms with Gasteiger partial charge in [-0.15, -0.1) is 0 Å². The van der Waals surface area contributed by atoms with Crippen molar-refractivity contribution in [1.82, 2.24) is 4.98 Å². The lowest BCUT2D eigenvalue weighted by atomic mass is 9.96. The van der Waals surface area contributed by atoms with Crippen molar-refractivity contribution in [2.24, 2.45) is 11.1 Å². The predicted octanol–water partition coefficient (Wildman–Crippen LogP) is 5.62. The predicted molar refractivity (Wildman–Crippen MR) is 142 cm³/mol. The molecule has 2 N–H and O–H groups in total. The monoisotopic (exact) mass is 511 g/mol. The quantitative estimate of drug-likeness (QED) is 0.462. The molecule has 1 aliphatic heterocycles. The molecule has 2 aliphatic rings. The molecule has 0 saturated carbocycles. The molecule has 3 atom stereocenters. The second-order valence-corrected chi connectivity index (χ2v) is 10.7. The number of fused-ring (bicyclic) bond motifs is 2. The first-order valence-corrected chi connectivity index (χ1v) is 13.8. The van der Waals surface area contributed by atoms with Crippen LogP contribution in [0.5, 0.6) is 0 Å². The first-order chi connectivity index (χ1) is 17.1. The highest BCUT2D eigenvalue weighted by molar-refractivity contribution is 7.89. The number of rotatable bonds is 3. The van der Waals surface area contributed by atoms with Crippen molar-refractivity contribution < 1.29 is 17.6 Å². The summed E-state index contributed by atoms with van der Waals surface area (Å²) in [6.07, 6.45) is 3.65. The molecular weight excluding hydrogens is 477 g/mol. The average molecular weight is 512 g/mol. The van der Waals surface area contributed by atoms with Crippen LogP contribution in [0.15, 0.2) is 59.6 Å². The molecule has 1 aliphatic carbocycles. The summed E-state index contributed by atoms with van der Waals surface area (Å²) in [6, 6.07) is 15.1. The van der Waals surface area contributed by atoms with Gasteiger partial charge in [0.1, 0.15) is 10.7 Å². The summed E-state index contributed by atoms with van der Waals surface area (Å²) >= 11 is 0. The number of pyridine rings is 1. The number of hydrogen-bond acceptors (Lipinski definition) is 4. The molecule has 0 bridgehead atoms. The molecule has 2 heterocycles. The van der Waals surface area contributed by atoms with Crippen LogP contribution in [-0.2, 0) is 21.2 Å². The number of nitrogens with zero attached hydrogens (tertiary/aromatic N) is 2. The second kappa shape index (κ2) is 11.3. The maximum absolute atomic E-state index is 13.6. The van der Waals surface area contributed by atoms with Gasteiger partial charge in [-0.05, 0) is 65.3 Å². The summed E-state index contributed by atoms with van der Waals surface area (Å²) < 4.78 is 35.9. The first-order valence-electron chi connectivity index (χ1n) is 12.2. The first kappa shape index (κ1) is 27.5. The van der Waals surface area contributed by atoms with Crippen LogP contribution in [0.1, 0.15) is 63.1 Å². The van der Waals surface area contributed by atoms with Gasteiger partial charge in [0.25, 0.3) is 0 Å². The maximum atomic E-state index is 13.6. The molecular formula is C28H34FN3O3S. The molecule has 8 heteroatoms. The number of nitrogens with two attached hydrogens (primary N) is 1. The summed E-state index contributed by atoms with van der Waals surface area (Å²) in [5.74, 6) is 0.553. The number of carbonyl (C=O) groups is 1. The number of anilines is 1. The van der Waals surface area contributed by atoms with Crippen LogP contribution in [0.4, 0.5) is 10.1 Å². The van der Waals surface area contributed by atoms with E-state index in [0.717, 1.165) is 23.7 Å². The van der Waals surface area contributed by atoms with Crippen molar-refractivity contribution in [2.75, 3.05) is 11.4 Å². The van der Waals surface area contributed by atoms with Crippen LogP contribution in [0.25, 0.3) is 11.3 Å². The SMILES string of the molecule is CC.CC1CN(C=O)c2cc(S(N)(=O)=O)c(F)cc21.CC1c2ccc(-c3ccccn3)cc2C[C@@H]1C. The number of primary sulfonamides is 1. The van der Waals surface area contributed by atoms with E-state index in [1.54, 1.807) is 0 Å². The lowest BCUT2D eigenvalue weighted by Gasteiger charge is -2.11. The average Bonchev–Trinajstić information content (AvgIpc) is 3.34. The van der Waals surface area contributed by atoms with E-state index in [-0.39, 0.29) is 5.92 Å². The fourth-order valence-electron chi connectivity index (χ4n) is 4.76. The number of amides is 1. The molecule has 6 nitrogen and oxygen atoms in total. The number of benzene rings is 2. The Balaban J connectivity index is 0.000000188. The molecule has 5 rings (SSSR count). The zero-order valence-electron chi connectivity index (χ0n) is 21.4. The van der Waals surface area contributed by atoms with Crippen molar-refractivity contribution in [2.45, 2.75) is 57.8 Å². The minimum absolute atomic E-state index is 0.0285. The molecule has 1 amide bonds. The summed E-state index contributed by atoms with van der Waals surface area (Å²) in [5, 5.41) is 4.90. The van der Waals surface area contributed by atoms with E-state index in [1.807, 2.05) is 39.1 Å². The lowest BCUT2D eigenvalue weighted by molar-refractivity contribution is -0.107. The van der Waals surface area contributed by atoms with Gasteiger partial charge in [-0.25, -0.2) is 17.9 Å². The summed E-state index contributed by atoms with van der Waals surface area (Å²) in [6.45, 7) is 10.9. The Morgan fingerprint density at radius 3 is 2.39 bits per heavy atom. The Kier molecular flexibility index (Phi) is 8.63. The lowest BCUT2D eigenvalue weighted by Crippen LogP contribution is -2.19. The summed E-state index contributed by atoms with van der Waals surface area (Å²) in [5.41, 5.74) is 6.36. The van der Waals surface area contributed by atoms with Gasteiger partial charge in [-0.3, -0.25) is 9.78 Å². The number of aromatic nitrogens is 1. The van der Waals surface area contributed by atoms with Crippen molar-refractivity contribution in [3.63, 3.8) is 0 Å². The fourth-order valence-corrected chi connectivity index (χ4v) is 5.37. The van der Waals surface area contributed by atoms with E-state index in [0.29, 0.717) is 30.1 Å². The Bertz CT molecular complexity index is 1330. The minimum Gasteiger partial charge on any atom is -0.314 e. The Morgan fingerprint density at radius 1 is 1.06 bits per heavy atom. The van der Waals surface area contributed by atoms with Crippen LogP contribution < -0.4 is 10.0 Å². The van der Waals surface area contributed by atoms with Gasteiger partial charge in [0.05, 0.1) is 5.69 Å². The Labute approximate surface area is 213 Å². The molecule has 192 valence electrons. The Hall–Kier alpha value is -3.10. The van der Waals surface area contributed by atoms with Gasteiger partial charge in [0.15, 0.2) is 0 Å². The van der Waals surface area contributed by atoms with Crippen molar-refractivity contribution in [3.8, 4) is 11.3 Å². The molecule has 0 saturated heterocycles. The minimum atomic E-state index is -4.12. The third kappa shape index (κ3) is 5.65. The maximum Gasteiger partial charge on any atom is 0.241 e. The van der Waals surface area contributed by atoms with Gasteiger partial charge < -0.3 is 4.90 Å². The van der Waals surface area contributed by atoms with Crippen LogP contribution in [0, 0.1) is 11.7 Å². The number of hydrogen-bond donors (Lipinski definition) is 1. The zero-order chi connectivity index (χ0) is 26.6. The van der Waals surface area contributed by atoms with E-state index in [9.17, 15) is 17.6 Å². The van der Waals surface area contributed by atoms with Gasteiger partial charge in [-0.2, -0.15) is 0 Å². The largest absolute Gasteiger partial charge is 0.314 e. The highest BCUT2D eigenvalue weighted by atomic mass is 32.2. The molecule has 3 aromatic rings. The van der Waals surface area contributed by atoms with E-state index < -0.39 is 20.7 Å². The molecule has 36 heavy (non-hydrogen) atoms. The molecule has 0 spiro atoms. The number of carbonyl (C=O) groups excluding carboxylic acids is 1. The third-order valence-corrected chi connectivity index (χ3v) is 7.74. The van der Waals surface area contributed by atoms with E-state index in [4.69, 9.17) is 5.14 Å². The van der Waals surface area contributed by atoms with Crippen molar-refractivity contribution in [1.29, 1.82) is 0 Å². The zero-order valence-corrected chi connectivity index (χ0v) is 22.2. The Morgan fingerprint density at radius 2 is 1.78 bits per heavy atom. The van der Waals surface area contributed by atoms with Gasteiger partial charge in [-0.1, -0.05) is 52.8 Å². The normalized spacial score (nSPS) is 19.9. The van der Waals surface area contributed by atoms with Crippen LogP contribution in [-0.4, -0.2) is 26.4 Å². The van der Waals surface area contributed by atoms with Gasteiger partial charge in [0.2, 0.25) is 16.4 Å². The highest BCUT2D eigenvalue weighted by Gasteiger charge is 2.29. The van der Waals surface area contributed by atoms with E-state index >= 15 is 0 Å². The van der Waals surface area contributed by atoms with Crippen molar-refractivity contribution in [3.05, 3.63) is 77.2 Å². The summed E-state index contributed by atoms with van der Waals surface area (Å²) in [7, 11) is -4.12. The van der Waals surface area contributed by atoms with E-state index in [1.165, 1.54) is 28.0 Å². The molecule has 0 radical (unpaired) electrons. The second-order valence-electron chi connectivity index (χ2n) is 9.14. The number of halogens is 1. The van der Waals surface area contributed by atoms with Gasteiger partial charge >= 0.3 is 0 Å². The van der Waals surface area contributed by atoms with E-state index in [2.05, 4.69) is 43.1 Å². The third-order valence-electron chi connectivity index (χ3n) is 6.82. The standard InChI is InChI=1S/C16H17N.C10H11FN2O3S.C2H6/c1-11-9-14-10-13(6-7-15(14)12(11)2)16-5-3-4-8-17-16;1-6-4-13(5-14)9-3-10(17(12,15)16)8(11)2-7(6)9;1-2/h3-8,10-12H,9H2,1-2H3;2-3,5-6H,4H2,1H3,(H2,12,15,16);1-2H3/t11-,12?;;/m0../s1. The summed E-state index contributed by atoms with van der Waals surface area (Å²) in [4.78, 5) is 16.0. The van der Waals surface area contributed by atoms with Crippen LogP contribution in [0.2, 0.25) is 0 Å². The smallest absolute Gasteiger partial charge is 0.241 e.